The third-order valence-corrected chi connectivity index (χ3v) is 7.73. The van der Waals surface area contributed by atoms with Gasteiger partial charge in [-0.25, -0.2) is 0 Å². The number of aryl methyl sites for hydroxylation is 3. The molecule has 0 unspecified atom stereocenters. The van der Waals surface area contributed by atoms with E-state index >= 15 is 0 Å². The molecule has 4 rings (SSSR count). The van der Waals surface area contributed by atoms with Crippen LogP contribution in [0.4, 0.5) is 13.2 Å². The fourth-order valence-electron chi connectivity index (χ4n) is 4.02. The molecular weight excluding hydrogens is 487 g/mol. The second-order valence-corrected chi connectivity index (χ2v) is 10.6. The Morgan fingerprint density at radius 2 is 1.52 bits per heavy atom. The molecule has 1 heterocycles. The number of nitrogens with zero attached hydrogens (tertiary/aromatic N) is 1. The minimum atomic E-state index is -4.10. The Balaban J connectivity index is 2.05. The van der Waals surface area contributed by atoms with Crippen LogP contribution in [0.25, 0.3) is 32.8 Å². The Labute approximate surface area is 178 Å². The molecule has 0 amide bonds. The minimum absolute atomic E-state index is 0.444. The number of fused-ring (bicyclic) bond motifs is 3. The number of aromatic nitrogens is 1. The van der Waals surface area contributed by atoms with E-state index < -0.39 is 25.1 Å². The van der Waals surface area contributed by atoms with E-state index in [2.05, 4.69) is 37.5 Å². The van der Waals surface area contributed by atoms with Gasteiger partial charge >= 0.3 is 179 Å². The Bertz CT molecular complexity index is 1260. The molecule has 0 saturated carbocycles. The number of rotatable bonds is 2. The van der Waals surface area contributed by atoms with E-state index in [4.69, 9.17) is 0 Å². The molecule has 0 aliphatic rings. The van der Waals surface area contributed by atoms with Crippen LogP contribution in [0, 0.1) is 20.8 Å². The van der Waals surface area contributed by atoms with Gasteiger partial charge in [-0.05, 0) is 0 Å². The average molecular weight is 508 g/mol. The van der Waals surface area contributed by atoms with Gasteiger partial charge in [-0.15, -0.1) is 0 Å². The molecule has 0 aliphatic carbocycles. The van der Waals surface area contributed by atoms with Crippen molar-refractivity contribution in [2.24, 2.45) is 7.05 Å². The van der Waals surface area contributed by atoms with Gasteiger partial charge in [0, 0.05) is 0 Å². The first-order valence-corrected chi connectivity index (χ1v) is 11.7. The van der Waals surface area contributed by atoms with E-state index in [9.17, 15) is 13.2 Å². The normalized spacial score (nSPS) is 12.1. The quantitative estimate of drug-likeness (QED) is 0.198. The summed E-state index contributed by atoms with van der Waals surface area (Å²) in [6.45, 7) is 6.32. The Hall–Kier alpha value is -2.09. The van der Waals surface area contributed by atoms with E-state index in [0.717, 1.165) is 32.8 Å². The third kappa shape index (κ3) is 3.74. The molecule has 29 heavy (non-hydrogen) atoms. The summed E-state index contributed by atoms with van der Waals surface area (Å²) in [4.78, 5) is 0. The number of alkyl halides is 3. The maximum absolute atomic E-state index is 13.1. The summed E-state index contributed by atoms with van der Waals surface area (Å²) in [5.41, 5.74) is 5.90. The zero-order valence-corrected chi connectivity index (χ0v) is 19.0. The van der Waals surface area contributed by atoms with Crippen molar-refractivity contribution in [3.8, 4) is 11.3 Å². The van der Waals surface area contributed by atoms with E-state index in [1.165, 1.54) is 16.7 Å². The number of halogens is 3. The molecule has 0 radical (unpaired) electrons. The van der Waals surface area contributed by atoms with Gasteiger partial charge in [0.05, 0.1) is 0 Å². The van der Waals surface area contributed by atoms with Crippen molar-refractivity contribution >= 4 is 46.1 Å². The fraction of sp³-hybridized carbons (Fsp3) is 0.208. The van der Waals surface area contributed by atoms with Gasteiger partial charge in [0.25, 0.3) is 0 Å². The van der Waals surface area contributed by atoms with Crippen molar-refractivity contribution in [1.29, 1.82) is 0 Å². The Kier molecular flexibility index (Phi) is 5.09. The van der Waals surface area contributed by atoms with Gasteiger partial charge in [-0.3, -0.25) is 0 Å². The molecule has 148 valence electrons. The topological polar surface area (TPSA) is 3.88 Å². The van der Waals surface area contributed by atoms with Crippen molar-refractivity contribution in [3.05, 3.63) is 71.4 Å². The molecule has 1 aromatic heterocycles. The number of benzene rings is 3. The molecule has 0 aliphatic heterocycles. The standard InChI is InChI=1S/C24H21F3NTe/c1-14-12-15(2)16(3)21(13-14)23-20-9-8-19-17(18(20)10-11-28(23)4)6-5-7-22(19)29-24(25,26)27/h5-13H,1-4H3/q+1. The van der Waals surface area contributed by atoms with Gasteiger partial charge in [-0.1, -0.05) is 0 Å². The summed E-state index contributed by atoms with van der Waals surface area (Å²) in [5.74, 6) is 0. The summed E-state index contributed by atoms with van der Waals surface area (Å²) in [6.07, 6.45) is 2.00. The van der Waals surface area contributed by atoms with Crippen LogP contribution in [-0.4, -0.2) is 25.1 Å². The third-order valence-electron chi connectivity index (χ3n) is 5.43. The monoisotopic (exact) mass is 510 g/mol. The molecule has 0 saturated heterocycles. The molecule has 0 spiro atoms. The second-order valence-electron chi connectivity index (χ2n) is 7.46. The Morgan fingerprint density at radius 1 is 0.828 bits per heavy atom. The molecule has 5 heteroatoms. The zero-order valence-electron chi connectivity index (χ0n) is 16.7. The molecule has 0 N–H and O–H groups in total. The summed E-state index contributed by atoms with van der Waals surface area (Å²) >= 11 is -2.26. The van der Waals surface area contributed by atoms with Crippen molar-refractivity contribution in [2.75, 3.05) is 0 Å². The predicted octanol–water partition coefficient (Wildman–Crippen LogP) is 5.26. The fourth-order valence-corrected chi connectivity index (χ4v) is 5.98. The van der Waals surface area contributed by atoms with E-state index in [1.807, 2.05) is 37.5 Å². The molecule has 4 aromatic rings. The SMILES string of the molecule is Cc1cc(C)c(C)c(-c2c3ccc4c([Te]C(F)(F)F)cccc4c3cc[n+]2C)c1. The van der Waals surface area contributed by atoms with Gasteiger partial charge in [0.15, 0.2) is 0 Å². The Morgan fingerprint density at radius 3 is 2.24 bits per heavy atom. The summed E-state index contributed by atoms with van der Waals surface area (Å²) in [5, 5.41) is 3.65. The van der Waals surface area contributed by atoms with Crippen LogP contribution in [0.15, 0.2) is 54.7 Å². The molecule has 1 nitrogen and oxygen atoms in total. The van der Waals surface area contributed by atoms with E-state index in [0.29, 0.717) is 3.61 Å². The van der Waals surface area contributed by atoms with Gasteiger partial charge in [0.2, 0.25) is 0 Å². The van der Waals surface area contributed by atoms with Crippen LogP contribution in [-0.2, 0) is 7.05 Å². The van der Waals surface area contributed by atoms with Crippen LogP contribution in [0.2, 0.25) is 0 Å². The number of hydrogen-bond donors (Lipinski definition) is 0. The van der Waals surface area contributed by atoms with E-state index in [-0.39, 0.29) is 0 Å². The molecular formula is C24H21F3NTe+. The van der Waals surface area contributed by atoms with Crippen LogP contribution in [0.3, 0.4) is 0 Å². The molecule has 0 bridgehead atoms. The van der Waals surface area contributed by atoms with Crippen molar-refractivity contribution in [3.63, 3.8) is 0 Å². The average Bonchev–Trinajstić information content (AvgIpc) is 2.63. The number of hydrogen-bond acceptors (Lipinski definition) is 0. The first-order valence-electron chi connectivity index (χ1n) is 9.34. The molecule has 0 fully saturated rings. The van der Waals surface area contributed by atoms with Gasteiger partial charge < -0.3 is 0 Å². The van der Waals surface area contributed by atoms with Crippen LogP contribution < -0.4 is 8.18 Å². The summed E-state index contributed by atoms with van der Waals surface area (Å²) in [7, 11) is 2.02. The molecule has 3 aromatic carbocycles. The number of pyridine rings is 1. The summed E-state index contributed by atoms with van der Waals surface area (Å²) < 4.78 is 37.7. The van der Waals surface area contributed by atoms with Crippen LogP contribution in [0.5, 0.6) is 0 Å². The van der Waals surface area contributed by atoms with E-state index in [1.54, 1.807) is 12.1 Å². The maximum atomic E-state index is 13.1. The zero-order chi connectivity index (χ0) is 20.9. The van der Waals surface area contributed by atoms with Crippen LogP contribution in [0.1, 0.15) is 16.7 Å². The van der Waals surface area contributed by atoms with Crippen molar-refractivity contribution in [1.82, 2.24) is 0 Å². The summed E-state index contributed by atoms with van der Waals surface area (Å²) in [6, 6.07) is 15.5. The second kappa shape index (κ2) is 7.31. The van der Waals surface area contributed by atoms with Gasteiger partial charge in [-0.2, -0.15) is 0 Å². The van der Waals surface area contributed by atoms with Crippen LogP contribution >= 0.6 is 0 Å². The van der Waals surface area contributed by atoms with Crippen molar-refractivity contribution in [2.45, 2.75) is 25.0 Å². The van der Waals surface area contributed by atoms with Crippen molar-refractivity contribution < 1.29 is 17.7 Å². The molecule has 0 atom stereocenters. The first kappa shape index (κ1) is 20.2. The predicted molar refractivity (Wildman–Crippen MR) is 114 cm³/mol. The van der Waals surface area contributed by atoms with Gasteiger partial charge in [0.1, 0.15) is 0 Å². The first-order chi connectivity index (χ1) is 13.7.